The van der Waals surface area contributed by atoms with Crippen molar-refractivity contribution >= 4 is 11.6 Å². The number of rotatable bonds is 5. The standard InChI is InChI=1S/C15H18ClFN2/c1-2-13(18)9-14-4-3-7-19(14)10-11-5-6-12(17)8-15(11)16/h3-8,13H,2,9-10,18H2,1H3. The zero-order chi connectivity index (χ0) is 13.8. The Labute approximate surface area is 118 Å². The highest BCUT2D eigenvalue weighted by molar-refractivity contribution is 6.31. The normalized spacial score (nSPS) is 12.6. The second kappa shape index (κ2) is 6.22. The summed E-state index contributed by atoms with van der Waals surface area (Å²) in [6.07, 6.45) is 3.78. The molecule has 4 heteroatoms. The Bertz CT molecular complexity index is 551. The highest BCUT2D eigenvalue weighted by Crippen LogP contribution is 2.19. The molecule has 2 rings (SSSR count). The molecule has 0 aliphatic heterocycles. The van der Waals surface area contributed by atoms with Gasteiger partial charge in [0.25, 0.3) is 0 Å². The fourth-order valence-corrected chi connectivity index (χ4v) is 2.26. The molecule has 0 saturated carbocycles. The molecule has 0 amide bonds. The summed E-state index contributed by atoms with van der Waals surface area (Å²) in [5, 5.41) is 0.458. The second-order valence-electron chi connectivity index (χ2n) is 4.74. The lowest BCUT2D eigenvalue weighted by Gasteiger charge is -2.13. The minimum atomic E-state index is -0.311. The topological polar surface area (TPSA) is 30.9 Å². The van der Waals surface area contributed by atoms with Gasteiger partial charge in [0, 0.05) is 35.9 Å². The van der Waals surface area contributed by atoms with Crippen LogP contribution in [0.4, 0.5) is 4.39 Å². The first-order valence-corrected chi connectivity index (χ1v) is 6.81. The van der Waals surface area contributed by atoms with Gasteiger partial charge in [-0.25, -0.2) is 4.39 Å². The first kappa shape index (κ1) is 14.1. The van der Waals surface area contributed by atoms with E-state index >= 15 is 0 Å². The molecule has 0 saturated heterocycles. The number of nitrogens with two attached hydrogens (primary N) is 1. The predicted molar refractivity (Wildman–Crippen MR) is 76.9 cm³/mol. The lowest BCUT2D eigenvalue weighted by Crippen LogP contribution is -2.23. The fraction of sp³-hybridized carbons (Fsp3) is 0.333. The van der Waals surface area contributed by atoms with Crippen LogP contribution in [0, 0.1) is 5.82 Å². The molecule has 1 aromatic carbocycles. The molecule has 0 bridgehead atoms. The van der Waals surface area contributed by atoms with Crippen LogP contribution in [0.5, 0.6) is 0 Å². The zero-order valence-corrected chi connectivity index (χ0v) is 11.7. The van der Waals surface area contributed by atoms with Gasteiger partial charge >= 0.3 is 0 Å². The minimum Gasteiger partial charge on any atom is -0.347 e. The van der Waals surface area contributed by atoms with Crippen molar-refractivity contribution < 1.29 is 4.39 Å². The molecule has 2 N–H and O–H groups in total. The predicted octanol–water partition coefficient (Wildman–Crippen LogP) is 3.61. The van der Waals surface area contributed by atoms with Crippen LogP contribution < -0.4 is 5.73 Å². The van der Waals surface area contributed by atoms with Gasteiger partial charge in [0.2, 0.25) is 0 Å². The van der Waals surface area contributed by atoms with Crippen molar-refractivity contribution in [3.8, 4) is 0 Å². The van der Waals surface area contributed by atoms with Gasteiger partial charge in [-0.3, -0.25) is 0 Å². The quantitative estimate of drug-likeness (QED) is 0.891. The van der Waals surface area contributed by atoms with Crippen molar-refractivity contribution in [3.05, 3.63) is 58.6 Å². The Hall–Kier alpha value is -1.32. The van der Waals surface area contributed by atoms with Gasteiger partial charge in [0.1, 0.15) is 5.82 Å². The zero-order valence-electron chi connectivity index (χ0n) is 10.9. The van der Waals surface area contributed by atoms with Crippen LogP contribution in [0.2, 0.25) is 5.02 Å². The van der Waals surface area contributed by atoms with E-state index in [1.165, 1.54) is 17.8 Å². The number of benzene rings is 1. The average molecular weight is 281 g/mol. The molecule has 2 nitrogen and oxygen atoms in total. The summed E-state index contributed by atoms with van der Waals surface area (Å²) in [5.41, 5.74) is 8.07. The lowest BCUT2D eigenvalue weighted by molar-refractivity contribution is 0.608. The van der Waals surface area contributed by atoms with Crippen molar-refractivity contribution in [3.63, 3.8) is 0 Å². The van der Waals surface area contributed by atoms with E-state index in [2.05, 4.69) is 17.6 Å². The van der Waals surface area contributed by atoms with Crippen LogP contribution in [-0.2, 0) is 13.0 Å². The van der Waals surface area contributed by atoms with E-state index in [9.17, 15) is 4.39 Å². The molecule has 102 valence electrons. The molecule has 0 spiro atoms. The van der Waals surface area contributed by atoms with Crippen molar-refractivity contribution in [1.82, 2.24) is 4.57 Å². The second-order valence-corrected chi connectivity index (χ2v) is 5.14. The molecule has 1 aromatic heterocycles. The number of hydrogen-bond acceptors (Lipinski definition) is 1. The maximum atomic E-state index is 13.0. The largest absolute Gasteiger partial charge is 0.347 e. The molecule has 2 aromatic rings. The van der Waals surface area contributed by atoms with Gasteiger partial charge in [-0.05, 0) is 36.2 Å². The maximum absolute atomic E-state index is 13.0. The van der Waals surface area contributed by atoms with Crippen LogP contribution in [0.25, 0.3) is 0 Å². The third kappa shape index (κ3) is 3.58. The van der Waals surface area contributed by atoms with E-state index in [-0.39, 0.29) is 11.9 Å². The molecule has 0 fully saturated rings. The van der Waals surface area contributed by atoms with Gasteiger partial charge in [0.05, 0.1) is 0 Å². The van der Waals surface area contributed by atoms with E-state index in [1.807, 2.05) is 12.3 Å². The number of aromatic nitrogens is 1. The molecule has 1 heterocycles. The van der Waals surface area contributed by atoms with E-state index in [0.29, 0.717) is 11.6 Å². The maximum Gasteiger partial charge on any atom is 0.124 e. The van der Waals surface area contributed by atoms with Crippen LogP contribution in [-0.4, -0.2) is 10.6 Å². The van der Waals surface area contributed by atoms with Crippen molar-refractivity contribution in [1.29, 1.82) is 0 Å². The van der Waals surface area contributed by atoms with Gasteiger partial charge in [-0.2, -0.15) is 0 Å². The lowest BCUT2D eigenvalue weighted by atomic mass is 10.1. The molecule has 0 radical (unpaired) electrons. The summed E-state index contributed by atoms with van der Waals surface area (Å²) >= 11 is 6.05. The number of halogens is 2. The molecular weight excluding hydrogens is 263 g/mol. The monoisotopic (exact) mass is 280 g/mol. The SMILES string of the molecule is CCC(N)Cc1cccn1Cc1ccc(F)cc1Cl. The van der Waals surface area contributed by atoms with E-state index in [4.69, 9.17) is 17.3 Å². The van der Waals surface area contributed by atoms with Gasteiger partial charge < -0.3 is 10.3 Å². The third-order valence-corrected chi connectivity index (χ3v) is 3.63. The summed E-state index contributed by atoms with van der Waals surface area (Å²) in [5.74, 6) is -0.311. The third-order valence-electron chi connectivity index (χ3n) is 3.28. The Morgan fingerprint density at radius 1 is 1.37 bits per heavy atom. The number of nitrogens with zero attached hydrogens (tertiary/aromatic N) is 1. The molecule has 1 unspecified atom stereocenters. The Morgan fingerprint density at radius 3 is 2.84 bits per heavy atom. The number of hydrogen-bond donors (Lipinski definition) is 1. The average Bonchev–Trinajstić information content (AvgIpc) is 2.80. The van der Waals surface area contributed by atoms with Gasteiger partial charge in [-0.1, -0.05) is 24.6 Å². The summed E-state index contributed by atoms with van der Waals surface area (Å²) in [6.45, 7) is 2.71. The highest BCUT2D eigenvalue weighted by atomic mass is 35.5. The van der Waals surface area contributed by atoms with E-state index in [0.717, 1.165) is 18.4 Å². The van der Waals surface area contributed by atoms with Crippen molar-refractivity contribution in [2.45, 2.75) is 32.4 Å². The minimum absolute atomic E-state index is 0.164. The van der Waals surface area contributed by atoms with Gasteiger partial charge in [-0.15, -0.1) is 0 Å². The summed E-state index contributed by atoms with van der Waals surface area (Å²) in [6, 6.07) is 8.72. The summed E-state index contributed by atoms with van der Waals surface area (Å²) in [7, 11) is 0. The van der Waals surface area contributed by atoms with Crippen molar-refractivity contribution in [2.75, 3.05) is 0 Å². The first-order valence-electron chi connectivity index (χ1n) is 6.43. The molecular formula is C15H18ClFN2. The Morgan fingerprint density at radius 2 is 2.16 bits per heavy atom. The summed E-state index contributed by atoms with van der Waals surface area (Å²) in [4.78, 5) is 0. The van der Waals surface area contributed by atoms with E-state index in [1.54, 1.807) is 6.07 Å². The van der Waals surface area contributed by atoms with Crippen LogP contribution in [0.3, 0.4) is 0 Å². The molecule has 1 atom stereocenters. The van der Waals surface area contributed by atoms with Crippen molar-refractivity contribution in [2.24, 2.45) is 5.73 Å². The summed E-state index contributed by atoms with van der Waals surface area (Å²) < 4.78 is 15.1. The Balaban J connectivity index is 2.17. The fourth-order valence-electron chi connectivity index (χ4n) is 2.04. The van der Waals surface area contributed by atoms with Crippen LogP contribution >= 0.6 is 11.6 Å². The van der Waals surface area contributed by atoms with Crippen LogP contribution in [0.15, 0.2) is 36.5 Å². The molecule has 0 aliphatic carbocycles. The molecule has 0 aliphatic rings. The smallest absolute Gasteiger partial charge is 0.124 e. The van der Waals surface area contributed by atoms with Gasteiger partial charge in [0.15, 0.2) is 0 Å². The van der Waals surface area contributed by atoms with Crippen LogP contribution in [0.1, 0.15) is 24.6 Å². The first-order chi connectivity index (χ1) is 9.10. The Kier molecular flexibility index (Phi) is 4.61. The molecule has 19 heavy (non-hydrogen) atoms. The van der Waals surface area contributed by atoms with E-state index < -0.39 is 0 Å². The highest BCUT2D eigenvalue weighted by Gasteiger charge is 2.08.